The number of rotatable bonds is 1. The monoisotopic (exact) mass is 338 g/mol. The second kappa shape index (κ2) is 4.75. The molecule has 0 fully saturated rings. The largest absolute Gasteiger partial charge is 0.279 e. The maximum Gasteiger partial charge on any atom is 0.237 e. The molecule has 0 atom stereocenters. The number of nitrogens with zero attached hydrogens (tertiary/aromatic N) is 8. The van der Waals surface area contributed by atoms with Crippen molar-refractivity contribution in [3.05, 3.63) is 53.6 Å². The summed E-state index contributed by atoms with van der Waals surface area (Å²) in [6, 6.07) is 3.86. The Bertz CT molecular complexity index is 1060. The minimum atomic E-state index is 0.558. The molecule has 1 aliphatic heterocycles. The van der Waals surface area contributed by atoms with Crippen LogP contribution in [0.3, 0.4) is 0 Å². The third-order valence-corrected chi connectivity index (χ3v) is 4.62. The van der Waals surface area contributed by atoms with E-state index < -0.39 is 0 Å². The Hall–Kier alpha value is -3.00. The first kappa shape index (κ1) is 13.4. The van der Waals surface area contributed by atoms with Gasteiger partial charge in [-0.15, -0.1) is 0 Å². The summed E-state index contributed by atoms with van der Waals surface area (Å²) in [6.45, 7) is 2.54. The molecule has 8 nitrogen and oxygen atoms in total. The van der Waals surface area contributed by atoms with Gasteiger partial charge in [-0.25, -0.2) is 19.6 Å². The van der Waals surface area contributed by atoms with Gasteiger partial charge in [-0.2, -0.15) is 14.9 Å². The highest BCUT2D eigenvalue weighted by Crippen LogP contribution is 2.37. The molecule has 0 N–H and O–H groups in total. The molecular weight excluding hydrogens is 328 g/mol. The van der Waals surface area contributed by atoms with E-state index in [0.717, 1.165) is 28.3 Å². The van der Waals surface area contributed by atoms with Crippen molar-refractivity contribution in [1.82, 2.24) is 39.1 Å². The lowest BCUT2D eigenvalue weighted by Gasteiger charge is -2.14. The highest BCUT2D eigenvalue weighted by molar-refractivity contribution is 6.31. The first-order chi connectivity index (χ1) is 11.7. The molecule has 118 valence electrons. The molecular formula is C15H11ClN8. The highest BCUT2D eigenvalue weighted by Gasteiger charge is 2.26. The van der Waals surface area contributed by atoms with Gasteiger partial charge in [0.05, 0.1) is 24.1 Å². The van der Waals surface area contributed by atoms with Gasteiger partial charge in [0.25, 0.3) is 0 Å². The Morgan fingerprint density at radius 2 is 2.04 bits per heavy atom. The molecule has 5 rings (SSSR count). The number of halogens is 1. The molecule has 0 radical (unpaired) electrons. The molecule has 9 heteroatoms. The number of aromatic nitrogens is 8. The van der Waals surface area contributed by atoms with Crippen LogP contribution < -0.4 is 0 Å². The zero-order chi connectivity index (χ0) is 16.3. The van der Waals surface area contributed by atoms with E-state index in [9.17, 15) is 0 Å². The molecule has 0 unspecified atom stereocenters. The van der Waals surface area contributed by atoms with Gasteiger partial charge in [0, 0.05) is 10.6 Å². The predicted octanol–water partition coefficient (Wildman–Crippen LogP) is 2.04. The maximum atomic E-state index is 6.36. The highest BCUT2D eigenvalue weighted by atomic mass is 35.5. The van der Waals surface area contributed by atoms with Crippen LogP contribution in [0.5, 0.6) is 0 Å². The third kappa shape index (κ3) is 1.71. The molecule has 4 aromatic rings. The Kier molecular flexibility index (Phi) is 2.66. The Morgan fingerprint density at radius 3 is 2.88 bits per heavy atom. The minimum absolute atomic E-state index is 0.558. The molecule has 24 heavy (non-hydrogen) atoms. The van der Waals surface area contributed by atoms with Crippen LogP contribution in [0.4, 0.5) is 0 Å². The van der Waals surface area contributed by atoms with Crippen molar-refractivity contribution in [3.8, 4) is 23.0 Å². The quantitative estimate of drug-likeness (QED) is 0.467. The van der Waals surface area contributed by atoms with Crippen molar-refractivity contribution in [1.29, 1.82) is 0 Å². The lowest BCUT2D eigenvalue weighted by Crippen LogP contribution is -2.09. The zero-order valence-corrected chi connectivity index (χ0v) is 13.4. The van der Waals surface area contributed by atoms with Crippen LogP contribution in [0, 0.1) is 6.92 Å². The first-order valence-corrected chi connectivity index (χ1v) is 7.71. The summed E-state index contributed by atoms with van der Waals surface area (Å²) in [4.78, 5) is 13.0. The van der Waals surface area contributed by atoms with E-state index in [0.29, 0.717) is 17.5 Å². The lowest BCUT2D eigenvalue weighted by molar-refractivity contribution is 0.672. The molecule has 0 spiro atoms. The summed E-state index contributed by atoms with van der Waals surface area (Å²) in [7, 11) is 0. The van der Waals surface area contributed by atoms with Gasteiger partial charge in [0.15, 0.2) is 5.82 Å². The number of hydrogen-bond donors (Lipinski definition) is 0. The van der Waals surface area contributed by atoms with E-state index in [-0.39, 0.29) is 0 Å². The van der Waals surface area contributed by atoms with Crippen LogP contribution in [0.25, 0.3) is 23.0 Å². The van der Waals surface area contributed by atoms with Gasteiger partial charge in [0.1, 0.15) is 19.0 Å². The average Bonchev–Trinajstić information content (AvgIpc) is 3.30. The lowest BCUT2D eigenvalue weighted by atomic mass is 10.1. The standard InChI is InChI=1S/C15H11ClN8/c1-9-11(16)2-3-12-13(9)14-19-7-21-22(14)5-10-4-18-15(24(10)12)23-8-17-6-20-23/h2-4,6-8H,5H2,1H3. The van der Waals surface area contributed by atoms with Crippen LogP contribution in [-0.2, 0) is 6.54 Å². The van der Waals surface area contributed by atoms with E-state index in [2.05, 4.69) is 25.1 Å². The molecule has 0 amide bonds. The van der Waals surface area contributed by atoms with Crippen molar-refractivity contribution < 1.29 is 0 Å². The summed E-state index contributed by atoms with van der Waals surface area (Å²) in [5, 5.41) is 9.24. The van der Waals surface area contributed by atoms with Crippen LogP contribution in [0.2, 0.25) is 5.02 Å². The van der Waals surface area contributed by atoms with E-state index in [1.807, 2.05) is 34.5 Å². The van der Waals surface area contributed by atoms with E-state index in [1.54, 1.807) is 17.3 Å². The molecule has 1 aromatic carbocycles. The summed E-state index contributed by atoms with van der Waals surface area (Å²) in [5.74, 6) is 1.45. The molecule has 0 saturated carbocycles. The van der Waals surface area contributed by atoms with Gasteiger partial charge in [-0.05, 0) is 24.6 Å². The fourth-order valence-electron chi connectivity index (χ4n) is 3.09. The van der Waals surface area contributed by atoms with Crippen molar-refractivity contribution >= 4 is 11.6 Å². The topological polar surface area (TPSA) is 79.2 Å². The molecule has 0 bridgehead atoms. The number of fused-ring (bicyclic) bond motifs is 5. The van der Waals surface area contributed by atoms with Crippen LogP contribution in [-0.4, -0.2) is 39.1 Å². The smallest absolute Gasteiger partial charge is 0.237 e. The van der Waals surface area contributed by atoms with Crippen LogP contribution >= 0.6 is 11.6 Å². The van der Waals surface area contributed by atoms with Gasteiger partial charge in [-0.1, -0.05) is 11.6 Å². The van der Waals surface area contributed by atoms with Crippen molar-refractivity contribution in [2.75, 3.05) is 0 Å². The summed E-state index contributed by atoms with van der Waals surface area (Å²) >= 11 is 6.36. The third-order valence-electron chi connectivity index (χ3n) is 4.21. The Labute approximate surface area is 141 Å². The SMILES string of the molecule is Cc1c(Cl)ccc2c1-c1ncnn1Cc1cnc(-n3cncn3)n1-2. The van der Waals surface area contributed by atoms with Crippen molar-refractivity contribution in [2.45, 2.75) is 13.5 Å². The second-order valence-electron chi connectivity index (χ2n) is 5.53. The maximum absolute atomic E-state index is 6.36. The fraction of sp³-hybridized carbons (Fsp3) is 0.133. The minimum Gasteiger partial charge on any atom is -0.279 e. The Balaban J connectivity index is 1.90. The van der Waals surface area contributed by atoms with Crippen LogP contribution in [0.1, 0.15) is 11.3 Å². The molecule has 0 aliphatic carbocycles. The van der Waals surface area contributed by atoms with Gasteiger partial charge in [-0.3, -0.25) is 4.57 Å². The fourth-order valence-corrected chi connectivity index (χ4v) is 3.25. The summed E-state index contributed by atoms with van der Waals surface area (Å²) in [5.41, 5.74) is 3.82. The number of benzene rings is 1. The molecule has 1 aliphatic rings. The number of imidazole rings is 1. The summed E-state index contributed by atoms with van der Waals surface area (Å²) < 4.78 is 5.54. The summed E-state index contributed by atoms with van der Waals surface area (Å²) in [6.07, 6.45) is 6.49. The van der Waals surface area contributed by atoms with Crippen molar-refractivity contribution in [2.24, 2.45) is 0 Å². The van der Waals surface area contributed by atoms with Gasteiger partial charge in [0.2, 0.25) is 5.95 Å². The molecule has 3 aromatic heterocycles. The zero-order valence-electron chi connectivity index (χ0n) is 12.6. The predicted molar refractivity (Wildman–Crippen MR) is 86.3 cm³/mol. The van der Waals surface area contributed by atoms with Crippen LogP contribution in [0.15, 0.2) is 37.3 Å². The molecule has 4 heterocycles. The van der Waals surface area contributed by atoms with E-state index in [1.165, 1.54) is 6.33 Å². The number of hydrogen-bond acceptors (Lipinski definition) is 5. The molecule has 0 saturated heterocycles. The second-order valence-corrected chi connectivity index (χ2v) is 5.94. The van der Waals surface area contributed by atoms with Gasteiger partial charge >= 0.3 is 0 Å². The Morgan fingerprint density at radius 1 is 1.12 bits per heavy atom. The first-order valence-electron chi connectivity index (χ1n) is 7.33. The van der Waals surface area contributed by atoms with E-state index in [4.69, 9.17) is 11.6 Å². The average molecular weight is 339 g/mol. The normalized spacial score (nSPS) is 12.4. The van der Waals surface area contributed by atoms with Crippen molar-refractivity contribution in [3.63, 3.8) is 0 Å². The van der Waals surface area contributed by atoms with E-state index >= 15 is 0 Å². The van der Waals surface area contributed by atoms with Gasteiger partial charge < -0.3 is 0 Å².